The summed E-state index contributed by atoms with van der Waals surface area (Å²) in [5, 5.41) is 10.4. The van der Waals surface area contributed by atoms with Gasteiger partial charge in [0, 0.05) is 25.9 Å². The molecular weight excluding hydrogens is 332 g/mol. The number of carbonyl (C=O) groups excluding carboxylic acids is 3. The first-order valence-corrected chi connectivity index (χ1v) is 8.66. The van der Waals surface area contributed by atoms with Crippen LogP contribution in [0.25, 0.3) is 0 Å². The molecule has 8 nitrogen and oxygen atoms in total. The molecule has 0 rings (SSSR count). The Balaban J connectivity index is 4.09. The average Bonchev–Trinajstić information content (AvgIpc) is 2.48. The smallest absolute Gasteiger partial charge is 0.407 e. The number of ether oxygens (including phenoxy) is 1. The zero-order valence-corrected chi connectivity index (χ0v) is 15.8. The lowest BCUT2D eigenvalue weighted by Gasteiger charge is -2.20. The first-order valence-electron chi connectivity index (χ1n) is 8.03. The Hall–Kier alpha value is -1.64. The molecule has 0 spiro atoms. The van der Waals surface area contributed by atoms with Gasteiger partial charge in [-0.15, -0.1) is 0 Å². The third kappa shape index (κ3) is 11.9. The maximum absolute atomic E-state index is 11.8. The predicted octanol–water partition coefficient (Wildman–Crippen LogP) is 1.02. The van der Waals surface area contributed by atoms with E-state index in [0.29, 0.717) is 38.1 Å². The minimum Gasteiger partial charge on any atom is -0.444 e. The van der Waals surface area contributed by atoms with Crippen LogP contribution in [0.1, 0.15) is 40.0 Å². The van der Waals surface area contributed by atoms with E-state index < -0.39 is 23.8 Å². The van der Waals surface area contributed by atoms with Gasteiger partial charge in [-0.3, -0.25) is 4.79 Å². The Bertz CT molecular complexity index is 413. The molecule has 0 aromatic carbocycles. The van der Waals surface area contributed by atoms with E-state index in [9.17, 15) is 14.4 Å². The van der Waals surface area contributed by atoms with Crippen molar-refractivity contribution in [3.63, 3.8) is 0 Å². The molecule has 0 heterocycles. The third-order valence-corrected chi connectivity index (χ3v) is 3.08. The van der Waals surface area contributed by atoms with Crippen molar-refractivity contribution in [2.24, 2.45) is 0 Å². The third-order valence-electron chi connectivity index (χ3n) is 2.85. The molecule has 0 fully saturated rings. The summed E-state index contributed by atoms with van der Waals surface area (Å²) in [5.41, 5.74) is -0.529. The van der Waals surface area contributed by atoms with Crippen LogP contribution in [0.3, 0.4) is 0 Å². The number of unbranched alkanes of at least 4 members (excludes halogenated alkanes) is 1. The number of hydrogen-bond acceptors (Lipinski definition) is 5. The molecular formula is C15H30N4O4S. The molecule has 0 saturated carbocycles. The van der Waals surface area contributed by atoms with Crippen molar-refractivity contribution >= 4 is 30.7 Å². The molecule has 0 aliphatic heterocycles. The van der Waals surface area contributed by atoms with Crippen LogP contribution in [0.15, 0.2) is 0 Å². The molecule has 4 amide bonds. The number of hydrogen-bond donors (Lipinski definition) is 5. The fraction of sp³-hybridized carbons (Fsp3) is 0.800. The van der Waals surface area contributed by atoms with Crippen molar-refractivity contribution in [1.29, 1.82) is 0 Å². The molecule has 0 bridgehead atoms. The van der Waals surface area contributed by atoms with Gasteiger partial charge < -0.3 is 26.0 Å². The summed E-state index contributed by atoms with van der Waals surface area (Å²) < 4.78 is 5.13. The summed E-state index contributed by atoms with van der Waals surface area (Å²) in [6, 6.07) is -1.01. The number of rotatable bonds is 9. The van der Waals surface area contributed by atoms with E-state index in [-0.39, 0.29) is 5.91 Å². The SMILES string of the molecule is CNC(=O)[C@H](CCCCNC(=O)OC(C)(C)C)NC(=O)NCCS. The highest BCUT2D eigenvalue weighted by atomic mass is 32.1. The van der Waals surface area contributed by atoms with Crippen molar-refractivity contribution in [1.82, 2.24) is 21.3 Å². The standard InChI is InChI=1S/C15H30N4O4S/c1-15(2,3)23-14(22)18-8-6-5-7-11(12(20)16-4)19-13(21)17-9-10-24/h11,24H,5-10H2,1-4H3,(H,16,20)(H,18,22)(H2,17,19,21)/t11-/m0/s1. The normalized spacial score (nSPS) is 12.0. The van der Waals surface area contributed by atoms with Crippen molar-refractivity contribution in [3.05, 3.63) is 0 Å². The minimum absolute atomic E-state index is 0.254. The second-order valence-electron chi connectivity index (χ2n) is 6.22. The van der Waals surface area contributed by atoms with Gasteiger partial charge in [-0.25, -0.2) is 9.59 Å². The number of likely N-dealkylation sites (N-methyl/N-ethyl adjacent to an activating group) is 1. The highest BCUT2D eigenvalue weighted by Gasteiger charge is 2.19. The Kier molecular flexibility index (Phi) is 11.0. The summed E-state index contributed by atoms with van der Waals surface area (Å²) in [6.07, 6.45) is 1.35. The Morgan fingerprint density at radius 1 is 1.08 bits per heavy atom. The molecule has 0 aromatic rings. The van der Waals surface area contributed by atoms with Crippen LogP contribution < -0.4 is 21.3 Å². The van der Waals surface area contributed by atoms with Crippen molar-refractivity contribution in [2.75, 3.05) is 25.9 Å². The lowest BCUT2D eigenvalue weighted by Crippen LogP contribution is -2.49. The molecule has 0 radical (unpaired) electrons. The van der Waals surface area contributed by atoms with Crippen LogP contribution >= 0.6 is 12.6 Å². The fourth-order valence-corrected chi connectivity index (χ4v) is 1.91. The fourth-order valence-electron chi connectivity index (χ4n) is 1.80. The van der Waals surface area contributed by atoms with Gasteiger partial charge in [0.2, 0.25) is 5.91 Å². The van der Waals surface area contributed by atoms with Gasteiger partial charge in [-0.2, -0.15) is 12.6 Å². The maximum Gasteiger partial charge on any atom is 0.407 e. The van der Waals surface area contributed by atoms with Gasteiger partial charge in [-0.1, -0.05) is 0 Å². The number of alkyl carbamates (subject to hydrolysis) is 1. The van der Waals surface area contributed by atoms with Gasteiger partial charge in [0.15, 0.2) is 0 Å². The van der Waals surface area contributed by atoms with E-state index in [2.05, 4.69) is 33.9 Å². The summed E-state index contributed by atoms with van der Waals surface area (Å²) >= 11 is 4.00. The monoisotopic (exact) mass is 362 g/mol. The summed E-state index contributed by atoms with van der Waals surface area (Å²) in [5.74, 6) is 0.269. The number of carbonyl (C=O) groups is 3. The quantitative estimate of drug-likeness (QED) is 0.312. The van der Waals surface area contributed by atoms with E-state index >= 15 is 0 Å². The zero-order chi connectivity index (χ0) is 18.6. The lowest BCUT2D eigenvalue weighted by molar-refractivity contribution is -0.122. The Morgan fingerprint density at radius 2 is 1.75 bits per heavy atom. The van der Waals surface area contributed by atoms with Crippen LogP contribution in [0.4, 0.5) is 9.59 Å². The van der Waals surface area contributed by atoms with Crippen LogP contribution in [-0.2, 0) is 9.53 Å². The van der Waals surface area contributed by atoms with E-state index in [1.165, 1.54) is 7.05 Å². The topological polar surface area (TPSA) is 109 Å². The summed E-state index contributed by atoms with van der Waals surface area (Å²) in [6.45, 7) is 6.26. The molecule has 0 unspecified atom stereocenters. The van der Waals surface area contributed by atoms with E-state index in [1.54, 1.807) is 20.8 Å². The van der Waals surface area contributed by atoms with Crippen LogP contribution in [0.5, 0.6) is 0 Å². The van der Waals surface area contributed by atoms with E-state index in [1.807, 2.05) is 0 Å². The number of nitrogens with one attached hydrogen (secondary N) is 4. The second-order valence-corrected chi connectivity index (χ2v) is 6.66. The van der Waals surface area contributed by atoms with E-state index in [4.69, 9.17) is 4.74 Å². The van der Waals surface area contributed by atoms with Crippen molar-refractivity contribution < 1.29 is 19.1 Å². The minimum atomic E-state index is -0.614. The molecule has 140 valence electrons. The van der Waals surface area contributed by atoms with Crippen LogP contribution in [-0.4, -0.2) is 55.6 Å². The number of thiol groups is 1. The molecule has 24 heavy (non-hydrogen) atoms. The second kappa shape index (κ2) is 11.8. The maximum atomic E-state index is 11.8. The zero-order valence-electron chi connectivity index (χ0n) is 14.9. The number of urea groups is 1. The number of amides is 4. The average molecular weight is 362 g/mol. The Labute approximate surface area is 149 Å². The van der Waals surface area contributed by atoms with Gasteiger partial charge in [0.1, 0.15) is 11.6 Å². The lowest BCUT2D eigenvalue weighted by atomic mass is 10.1. The molecule has 0 aromatic heterocycles. The van der Waals surface area contributed by atoms with Gasteiger partial charge in [0.05, 0.1) is 0 Å². The summed E-state index contributed by atoms with van der Waals surface area (Å²) in [7, 11) is 1.52. The largest absolute Gasteiger partial charge is 0.444 e. The first kappa shape index (κ1) is 22.4. The first-order chi connectivity index (χ1) is 11.2. The van der Waals surface area contributed by atoms with Gasteiger partial charge >= 0.3 is 12.1 Å². The summed E-state index contributed by atoms with van der Waals surface area (Å²) in [4.78, 5) is 34.9. The highest BCUT2D eigenvalue weighted by molar-refractivity contribution is 7.80. The predicted molar refractivity (Wildman–Crippen MR) is 96.3 cm³/mol. The molecule has 1 atom stereocenters. The van der Waals surface area contributed by atoms with Gasteiger partial charge in [0.25, 0.3) is 0 Å². The molecule has 0 aliphatic rings. The van der Waals surface area contributed by atoms with Gasteiger partial charge in [-0.05, 0) is 40.0 Å². The Morgan fingerprint density at radius 3 is 2.29 bits per heavy atom. The molecule has 4 N–H and O–H groups in total. The van der Waals surface area contributed by atoms with Crippen LogP contribution in [0.2, 0.25) is 0 Å². The van der Waals surface area contributed by atoms with Crippen molar-refractivity contribution in [3.8, 4) is 0 Å². The molecule has 0 saturated heterocycles. The van der Waals surface area contributed by atoms with Crippen LogP contribution in [0, 0.1) is 0 Å². The van der Waals surface area contributed by atoms with Crippen molar-refractivity contribution in [2.45, 2.75) is 51.7 Å². The van der Waals surface area contributed by atoms with E-state index in [0.717, 1.165) is 0 Å². The molecule has 0 aliphatic carbocycles. The molecule has 9 heteroatoms. The highest BCUT2D eigenvalue weighted by Crippen LogP contribution is 2.06.